The molecule has 1 fully saturated rings. The van der Waals surface area contributed by atoms with Gasteiger partial charge in [0.1, 0.15) is 0 Å². The highest BCUT2D eigenvalue weighted by Crippen LogP contribution is 2.30. The minimum atomic E-state index is 0.774. The van der Waals surface area contributed by atoms with Gasteiger partial charge in [0.15, 0.2) is 0 Å². The average Bonchev–Trinajstić information content (AvgIpc) is 2.39. The van der Waals surface area contributed by atoms with Crippen molar-refractivity contribution < 1.29 is 0 Å². The van der Waals surface area contributed by atoms with Gasteiger partial charge in [-0.15, -0.1) is 0 Å². The van der Waals surface area contributed by atoms with E-state index in [1.165, 1.54) is 36.8 Å². The first-order valence-electron chi connectivity index (χ1n) is 6.85. The van der Waals surface area contributed by atoms with Crippen LogP contribution >= 0.6 is 0 Å². The van der Waals surface area contributed by atoms with Crippen LogP contribution in [0.4, 0.5) is 0 Å². The number of rotatable bonds is 1. The fraction of sp³-hybridized carbons (Fsp3) is 0.500. The van der Waals surface area contributed by atoms with Gasteiger partial charge in [0.2, 0.25) is 0 Å². The maximum Gasteiger partial charge on any atom is 0.0433 e. The number of hydrogen-bond acceptors (Lipinski definition) is 1. The van der Waals surface area contributed by atoms with Crippen molar-refractivity contribution in [3.05, 3.63) is 41.6 Å². The van der Waals surface area contributed by atoms with Crippen LogP contribution in [0.1, 0.15) is 43.7 Å². The Labute approximate surface area is 104 Å². The molecule has 1 saturated carbocycles. The minimum Gasteiger partial charge on any atom is -0.370 e. The van der Waals surface area contributed by atoms with Crippen LogP contribution in [-0.2, 0) is 6.54 Å². The largest absolute Gasteiger partial charge is 0.370 e. The Morgan fingerprint density at radius 1 is 1.06 bits per heavy atom. The highest BCUT2D eigenvalue weighted by molar-refractivity contribution is 5.55. The van der Waals surface area contributed by atoms with Crippen LogP contribution in [-0.4, -0.2) is 10.9 Å². The molecular formula is C16H21N. The first-order chi connectivity index (χ1) is 8.33. The fourth-order valence-corrected chi connectivity index (χ4v) is 3.09. The highest BCUT2D eigenvalue weighted by Gasteiger charge is 2.23. The molecule has 90 valence electrons. The fourth-order valence-electron chi connectivity index (χ4n) is 3.09. The smallest absolute Gasteiger partial charge is 0.0433 e. The zero-order valence-electron chi connectivity index (χ0n) is 10.6. The molecule has 2 aliphatic rings. The quantitative estimate of drug-likeness (QED) is 0.699. The van der Waals surface area contributed by atoms with E-state index in [9.17, 15) is 0 Å². The van der Waals surface area contributed by atoms with E-state index in [1.54, 1.807) is 0 Å². The van der Waals surface area contributed by atoms with Gasteiger partial charge >= 0.3 is 0 Å². The summed E-state index contributed by atoms with van der Waals surface area (Å²) in [6.07, 6.45) is 10.1. The van der Waals surface area contributed by atoms with E-state index in [1.807, 2.05) is 0 Å². The summed E-state index contributed by atoms with van der Waals surface area (Å²) >= 11 is 0. The third-order valence-electron chi connectivity index (χ3n) is 4.31. The molecule has 17 heavy (non-hydrogen) atoms. The zero-order chi connectivity index (χ0) is 11.7. The summed E-state index contributed by atoms with van der Waals surface area (Å²) in [5.74, 6) is 0.937. The summed E-state index contributed by atoms with van der Waals surface area (Å²) in [7, 11) is 0. The maximum absolute atomic E-state index is 2.55. The van der Waals surface area contributed by atoms with Crippen molar-refractivity contribution in [2.24, 2.45) is 5.92 Å². The van der Waals surface area contributed by atoms with Crippen LogP contribution in [0.5, 0.6) is 0 Å². The van der Waals surface area contributed by atoms with E-state index in [2.05, 4.69) is 48.4 Å². The molecule has 1 aliphatic heterocycles. The molecule has 0 unspecified atom stereocenters. The minimum absolute atomic E-state index is 0.774. The van der Waals surface area contributed by atoms with Crippen molar-refractivity contribution >= 4 is 6.08 Å². The first kappa shape index (κ1) is 10.9. The Morgan fingerprint density at radius 2 is 1.82 bits per heavy atom. The predicted molar refractivity (Wildman–Crippen MR) is 72.4 cm³/mol. The molecule has 1 aliphatic carbocycles. The van der Waals surface area contributed by atoms with Gasteiger partial charge in [-0.1, -0.05) is 31.2 Å². The van der Waals surface area contributed by atoms with Gasteiger partial charge in [0, 0.05) is 18.8 Å². The Balaban J connectivity index is 1.72. The van der Waals surface area contributed by atoms with Crippen molar-refractivity contribution in [3.63, 3.8) is 0 Å². The van der Waals surface area contributed by atoms with Gasteiger partial charge in [0.25, 0.3) is 0 Å². The molecule has 1 heteroatoms. The average molecular weight is 227 g/mol. The second-order valence-corrected chi connectivity index (χ2v) is 5.60. The van der Waals surface area contributed by atoms with E-state index in [0.717, 1.165) is 18.5 Å². The molecule has 0 aromatic heterocycles. The lowest BCUT2D eigenvalue weighted by Crippen LogP contribution is -2.34. The van der Waals surface area contributed by atoms with Crippen LogP contribution in [0.25, 0.3) is 6.08 Å². The number of fused-ring (bicyclic) bond motifs is 1. The summed E-state index contributed by atoms with van der Waals surface area (Å²) < 4.78 is 0. The highest BCUT2D eigenvalue weighted by atomic mass is 15.1. The Hall–Kier alpha value is -1.24. The molecule has 1 aromatic rings. The zero-order valence-corrected chi connectivity index (χ0v) is 10.6. The van der Waals surface area contributed by atoms with Crippen molar-refractivity contribution in [2.75, 3.05) is 0 Å². The monoisotopic (exact) mass is 227 g/mol. The van der Waals surface area contributed by atoms with Crippen molar-refractivity contribution in [2.45, 2.75) is 45.2 Å². The number of benzene rings is 1. The normalized spacial score (nSPS) is 27.9. The molecule has 3 rings (SSSR count). The Morgan fingerprint density at radius 3 is 2.65 bits per heavy atom. The molecule has 0 saturated heterocycles. The Kier molecular flexibility index (Phi) is 2.92. The molecule has 0 N–H and O–H groups in total. The summed E-state index contributed by atoms with van der Waals surface area (Å²) in [5.41, 5.74) is 2.88. The SMILES string of the molecule is CC1CCC(N2C=Cc3ccccc3C2)CC1. The molecule has 0 radical (unpaired) electrons. The lowest BCUT2D eigenvalue weighted by atomic mass is 9.86. The second kappa shape index (κ2) is 4.56. The van der Waals surface area contributed by atoms with E-state index in [0.29, 0.717) is 0 Å². The van der Waals surface area contributed by atoms with Crippen LogP contribution in [0.15, 0.2) is 30.5 Å². The summed E-state index contributed by atoms with van der Waals surface area (Å²) in [4.78, 5) is 2.55. The predicted octanol–water partition coefficient (Wildman–Crippen LogP) is 4.05. The van der Waals surface area contributed by atoms with E-state index >= 15 is 0 Å². The van der Waals surface area contributed by atoms with Gasteiger partial charge in [-0.25, -0.2) is 0 Å². The van der Waals surface area contributed by atoms with Gasteiger partial charge in [0.05, 0.1) is 0 Å². The van der Waals surface area contributed by atoms with Gasteiger partial charge in [-0.3, -0.25) is 0 Å². The first-order valence-corrected chi connectivity index (χ1v) is 6.85. The third kappa shape index (κ3) is 2.24. The van der Waals surface area contributed by atoms with E-state index in [4.69, 9.17) is 0 Å². The van der Waals surface area contributed by atoms with Crippen LogP contribution in [0.2, 0.25) is 0 Å². The van der Waals surface area contributed by atoms with E-state index in [-0.39, 0.29) is 0 Å². The number of hydrogen-bond donors (Lipinski definition) is 0. The van der Waals surface area contributed by atoms with Crippen LogP contribution in [0, 0.1) is 5.92 Å². The number of nitrogens with zero attached hydrogens (tertiary/aromatic N) is 1. The van der Waals surface area contributed by atoms with Gasteiger partial charge in [-0.2, -0.15) is 0 Å². The molecule has 0 atom stereocenters. The van der Waals surface area contributed by atoms with Crippen LogP contribution < -0.4 is 0 Å². The lowest BCUT2D eigenvalue weighted by molar-refractivity contribution is 0.185. The molecule has 0 amide bonds. The second-order valence-electron chi connectivity index (χ2n) is 5.60. The lowest BCUT2D eigenvalue weighted by Gasteiger charge is -2.37. The van der Waals surface area contributed by atoms with Crippen molar-refractivity contribution in [3.8, 4) is 0 Å². The maximum atomic E-state index is 2.55. The van der Waals surface area contributed by atoms with E-state index < -0.39 is 0 Å². The molecule has 1 nitrogen and oxygen atoms in total. The third-order valence-corrected chi connectivity index (χ3v) is 4.31. The van der Waals surface area contributed by atoms with Gasteiger partial charge in [-0.05, 0) is 48.8 Å². The summed E-state index contributed by atoms with van der Waals surface area (Å²) in [6.45, 7) is 3.49. The topological polar surface area (TPSA) is 3.24 Å². The van der Waals surface area contributed by atoms with Crippen molar-refractivity contribution in [1.29, 1.82) is 0 Å². The molecule has 1 aromatic carbocycles. The Bertz CT molecular complexity index is 413. The molecule has 1 heterocycles. The molecule has 0 spiro atoms. The standard InChI is InChI=1S/C16H21N/c1-13-6-8-16(9-7-13)17-11-10-14-4-2-3-5-15(14)12-17/h2-5,10-11,13,16H,6-9,12H2,1H3. The van der Waals surface area contributed by atoms with Crippen molar-refractivity contribution in [1.82, 2.24) is 4.90 Å². The summed E-state index contributed by atoms with van der Waals surface area (Å²) in [5, 5.41) is 0. The molecular weight excluding hydrogens is 206 g/mol. The molecule has 0 bridgehead atoms. The summed E-state index contributed by atoms with van der Waals surface area (Å²) in [6, 6.07) is 9.53. The van der Waals surface area contributed by atoms with Gasteiger partial charge < -0.3 is 4.90 Å². The van der Waals surface area contributed by atoms with Crippen LogP contribution in [0.3, 0.4) is 0 Å².